The topological polar surface area (TPSA) is 71.5 Å². The number of carbonyl (C=O) groups excluding carboxylic acids is 2. The minimum atomic E-state index is -0.587. The van der Waals surface area contributed by atoms with E-state index in [-0.39, 0.29) is 18.4 Å². The van der Waals surface area contributed by atoms with E-state index in [1.807, 2.05) is 0 Å². The molecule has 1 fully saturated rings. The van der Waals surface area contributed by atoms with E-state index in [2.05, 4.69) is 10.3 Å². The van der Waals surface area contributed by atoms with Crippen molar-refractivity contribution in [2.75, 3.05) is 26.7 Å². The number of carbonyl (C=O) groups is 2. The Balaban J connectivity index is 2.02. The maximum atomic E-state index is 12.0. The van der Waals surface area contributed by atoms with Crippen LogP contribution in [-0.2, 0) is 9.53 Å². The summed E-state index contributed by atoms with van der Waals surface area (Å²) >= 11 is 1.37. The smallest absolute Gasteiger partial charge is 0.273 e. The molecule has 0 saturated carbocycles. The van der Waals surface area contributed by atoms with Crippen LogP contribution in [0.4, 0.5) is 0 Å². The van der Waals surface area contributed by atoms with E-state index < -0.39 is 6.10 Å². The van der Waals surface area contributed by atoms with E-state index in [0.717, 1.165) is 0 Å². The van der Waals surface area contributed by atoms with Crippen LogP contribution in [0.2, 0.25) is 0 Å². The third-order valence-corrected chi connectivity index (χ3v) is 3.13. The van der Waals surface area contributed by atoms with Crippen molar-refractivity contribution in [2.45, 2.75) is 6.10 Å². The molecule has 1 saturated heterocycles. The summed E-state index contributed by atoms with van der Waals surface area (Å²) in [7, 11) is 1.55. The number of likely N-dealkylation sites (N-methyl/N-ethyl adjacent to an activating group) is 1. The van der Waals surface area contributed by atoms with Crippen molar-refractivity contribution in [1.29, 1.82) is 0 Å². The van der Waals surface area contributed by atoms with Gasteiger partial charge in [-0.1, -0.05) is 0 Å². The first-order valence-electron chi connectivity index (χ1n) is 5.23. The van der Waals surface area contributed by atoms with Gasteiger partial charge in [-0.25, -0.2) is 4.98 Å². The Hall–Kier alpha value is -1.47. The molecule has 2 amide bonds. The number of hydrogen-bond acceptors (Lipinski definition) is 5. The number of aromatic nitrogens is 1. The standard InChI is InChI=1S/C10H13N3O3S/c1-11-9(14)8-4-13(2-3-16-8)10(15)7-5-17-6-12-7/h5-6,8H,2-4H2,1H3,(H,11,14)/t8-/m1/s1. The Morgan fingerprint density at radius 2 is 2.47 bits per heavy atom. The van der Waals surface area contributed by atoms with E-state index in [0.29, 0.717) is 18.8 Å². The van der Waals surface area contributed by atoms with Gasteiger partial charge in [0.25, 0.3) is 11.8 Å². The average Bonchev–Trinajstić information content (AvgIpc) is 2.91. The zero-order valence-corrected chi connectivity index (χ0v) is 10.2. The Bertz CT molecular complexity index is 407. The Morgan fingerprint density at radius 3 is 3.12 bits per heavy atom. The second-order valence-corrected chi connectivity index (χ2v) is 4.32. The van der Waals surface area contributed by atoms with Gasteiger partial charge in [-0.15, -0.1) is 11.3 Å². The first-order chi connectivity index (χ1) is 8.22. The van der Waals surface area contributed by atoms with Crippen LogP contribution in [-0.4, -0.2) is 54.5 Å². The van der Waals surface area contributed by atoms with Gasteiger partial charge in [-0.3, -0.25) is 9.59 Å². The molecule has 2 rings (SSSR count). The lowest BCUT2D eigenvalue weighted by Gasteiger charge is -2.31. The van der Waals surface area contributed by atoms with Gasteiger partial charge in [0.2, 0.25) is 0 Å². The van der Waals surface area contributed by atoms with E-state index in [1.54, 1.807) is 22.8 Å². The van der Waals surface area contributed by atoms with Gasteiger partial charge in [0.1, 0.15) is 5.69 Å². The molecule has 0 unspecified atom stereocenters. The Labute approximate surface area is 103 Å². The van der Waals surface area contributed by atoms with Gasteiger partial charge in [0.15, 0.2) is 6.10 Å². The number of morpholine rings is 1. The Morgan fingerprint density at radius 1 is 1.65 bits per heavy atom. The molecule has 1 N–H and O–H groups in total. The number of nitrogens with zero attached hydrogens (tertiary/aromatic N) is 2. The zero-order chi connectivity index (χ0) is 12.3. The summed E-state index contributed by atoms with van der Waals surface area (Å²) in [6, 6.07) is 0. The number of nitrogens with one attached hydrogen (secondary N) is 1. The molecule has 1 aliphatic heterocycles. The molecule has 17 heavy (non-hydrogen) atoms. The van der Waals surface area contributed by atoms with Crippen LogP contribution in [0.5, 0.6) is 0 Å². The number of amides is 2. The summed E-state index contributed by atoms with van der Waals surface area (Å²) in [5, 5.41) is 4.21. The molecule has 0 bridgehead atoms. The summed E-state index contributed by atoms with van der Waals surface area (Å²) in [4.78, 5) is 29.0. The minimum Gasteiger partial charge on any atom is -0.365 e. The molecule has 0 aromatic carbocycles. The maximum Gasteiger partial charge on any atom is 0.273 e. The van der Waals surface area contributed by atoms with Crippen molar-refractivity contribution < 1.29 is 14.3 Å². The average molecular weight is 255 g/mol. The van der Waals surface area contributed by atoms with Crippen LogP contribution in [0, 0.1) is 0 Å². The Kier molecular flexibility index (Phi) is 3.70. The summed E-state index contributed by atoms with van der Waals surface area (Å²) in [6.45, 7) is 1.13. The first kappa shape index (κ1) is 12.0. The van der Waals surface area contributed by atoms with E-state index >= 15 is 0 Å². The van der Waals surface area contributed by atoms with Gasteiger partial charge in [-0.2, -0.15) is 0 Å². The number of thiazole rings is 1. The maximum absolute atomic E-state index is 12.0. The monoisotopic (exact) mass is 255 g/mol. The zero-order valence-electron chi connectivity index (χ0n) is 9.38. The highest BCUT2D eigenvalue weighted by Gasteiger charge is 2.29. The summed E-state index contributed by atoms with van der Waals surface area (Å²) in [5.41, 5.74) is 2.04. The highest BCUT2D eigenvalue weighted by atomic mass is 32.1. The normalized spacial score (nSPS) is 20.1. The predicted molar refractivity (Wildman–Crippen MR) is 61.8 cm³/mol. The molecule has 7 heteroatoms. The molecule has 2 heterocycles. The van der Waals surface area contributed by atoms with Crippen LogP contribution in [0.3, 0.4) is 0 Å². The highest BCUT2D eigenvalue weighted by molar-refractivity contribution is 7.07. The lowest BCUT2D eigenvalue weighted by atomic mass is 10.2. The van der Waals surface area contributed by atoms with Crippen molar-refractivity contribution in [3.8, 4) is 0 Å². The van der Waals surface area contributed by atoms with Gasteiger partial charge in [-0.05, 0) is 0 Å². The molecule has 0 spiro atoms. The molecule has 1 aliphatic rings. The number of hydrogen-bond donors (Lipinski definition) is 1. The second kappa shape index (κ2) is 5.24. The third kappa shape index (κ3) is 2.62. The molecule has 1 aromatic rings. The second-order valence-electron chi connectivity index (χ2n) is 3.60. The molecule has 1 aromatic heterocycles. The van der Waals surface area contributed by atoms with Gasteiger partial charge in [0, 0.05) is 19.0 Å². The van der Waals surface area contributed by atoms with Crippen molar-refractivity contribution in [1.82, 2.24) is 15.2 Å². The van der Waals surface area contributed by atoms with Crippen molar-refractivity contribution in [3.05, 3.63) is 16.6 Å². The largest absolute Gasteiger partial charge is 0.365 e. The lowest BCUT2D eigenvalue weighted by Crippen LogP contribution is -2.51. The molecular formula is C10H13N3O3S. The molecular weight excluding hydrogens is 242 g/mol. The van der Waals surface area contributed by atoms with E-state index in [9.17, 15) is 9.59 Å². The highest BCUT2D eigenvalue weighted by Crippen LogP contribution is 2.11. The van der Waals surface area contributed by atoms with Crippen LogP contribution < -0.4 is 5.32 Å². The fourth-order valence-corrected chi connectivity index (χ4v) is 2.16. The quantitative estimate of drug-likeness (QED) is 0.789. The van der Waals surface area contributed by atoms with Crippen molar-refractivity contribution in [2.24, 2.45) is 0 Å². The van der Waals surface area contributed by atoms with Crippen LogP contribution in [0.15, 0.2) is 10.9 Å². The van der Waals surface area contributed by atoms with E-state index in [1.165, 1.54) is 11.3 Å². The van der Waals surface area contributed by atoms with Crippen LogP contribution >= 0.6 is 11.3 Å². The predicted octanol–water partition coefficient (Wildman–Crippen LogP) is -0.270. The minimum absolute atomic E-state index is 0.150. The summed E-state index contributed by atoms with van der Waals surface area (Å²) < 4.78 is 5.30. The van der Waals surface area contributed by atoms with Crippen molar-refractivity contribution >= 4 is 23.2 Å². The summed E-state index contributed by atoms with van der Waals surface area (Å²) in [5.74, 6) is -0.357. The fraction of sp³-hybridized carbons (Fsp3) is 0.500. The lowest BCUT2D eigenvalue weighted by molar-refractivity contribution is -0.136. The number of rotatable bonds is 2. The molecule has 6 nitrogen and oxygen atoms in total. The number of ether oxygens (including phenoxy) is 1. The van der Waals surface area contributed by atoms with Gasteiger partial charge in [0.05, 0.1) is 18.7 Å². The molecule has 0 aliphatic carbocycles. The van der Waals surface area contributed by atoms with Gasteiger partial charge < -0.3 is 15.0 Å². The van der Waals surface area contributed by atoms with Gasteiger partial charge >= 0.3 is 0 Å². The van der Waals surface area contributed by atoms with Crippen molar-refractivity contribution in [3.63, 3.8) is 0 Å². The molecule has 1 atom stereocenters. The fourth-order valence-electron chi connectivity index (χ4n) is 1.63. The van der Waals surface area contributed by atoms with Crippen LogP contribution in [0.25, 0.3) is 0 Å². The van der Waals surface area contributed by atoms with Crippen LogP contribution in [0.1, 0.15) is 10.5 Å². The van der Waals surface area contributed by atoms with E-state index in [4.69, 9.17) is 4.74 Å². The first-order valence-corrected chi connectivity index (χ1v) is 6.17. The molecule has 0 radical (unpaired) electrons. The SMILES string of the molecule is CNC(=O)[C@H]1CN(C(=O)c2cscn2)CCO1. The molecule has 92 valence electrons. The third-order valence-electron chi connectivity index (χ3n) is 2.54. The summed E-state index contributed by atoms with van der Waals surface area (Å²) in [6.07, 6.45) is -0.587.